The Labute approximate surface area is 572 Å². The topological polar surface area (TPSA) is 183 Å². The average molecular weight is 1310 g/mol. The number of rotatable bonds is 20. The molecule has 12 atom stereocenters. The first-order chi connectivity index (χ1) is 45.0. The van der Waals surface area contributed by atoms with Crippen molar-refractivity contribution in [2.75, 3.05) is 26.2 Å². The molecule has 8 aliphatic rings. The van der Waals surface area contributed by atoms with E-state index in [0.717, 1.165) is 75.3 Å². The van der Waals surface area contributed by atoms with Crippen LogP contribution in [0.1, 0.15) is 194 Å². The highest BCUT2D eigenvalue weighted by atomic mass is 16.6. The highest BCUT2D eigenvalue weighted by Gasteiger charge is 2.59. The van der Waals surface area contributed by atoms with Crippen LogP contribution in [-0.2, 0) is 55.8 Å². The first kappa shape index (κ1) is 72.8. The van der Waals surface area contributed by atoms with Crippen LogP contribution in [0.3, 0.4) is 0 Å². The zero-order valence-corrected chi connectivity index (χ0v) is 57.7. The Bertz CT molecular complexity index is 3510. The summed E-state index contributed by atoms with van der Waals surface area (Å²) in [5.74, 6) is 1.08. The molecule has 1 N–H and O–H groups in total. The lowest BCUT2D eigenvalue weighted by Crippen LogP contribution is -2.50. The summed E-state index contributed by atoms with van der Waals surface area (Å²) in [6.07, 6.45) is 33.0. The molecule has 2 aromatic carbocycles. The van der Waals surface area contributed by atoms with Crippen LogP contribution in [0.15, 0.2) is 145 Å². The maximum Gasteiger partial charge on any atom is 0.326 e. The summed E-state index contributed by atoms with van der Waals surface area (Å²) in [5, 5.41) is 9.33. The second-order valence-electron chi connectivity index (χ2n) is 30.4. The third-order valence-corrected chi connectivity index (χ3v) is 23.7. The number of carboxylic acids is 1. The van der Waals surface area contributed by atoms with Gasteiger partial charge in [0.25, 0.3) is 0 Å². The van der Waals surface area contributed by atoms with Crippen molar-refractivity contribution in [1.29, 1.82) is 0 Å². The molecule has 4 fully saturated rings. The standard InChI is InChI=1S/C42H54N2O5.C38H46N2O5.CH4.CH3/c1-40(2,3)49-39(47)28-44(25-21-29-10-7-6-8-11-29)37(45)17-18-38(46)48-32-19-22-41(4)31(26-32)13-14-33-35-16-15-34(30-12-9-24-43-27-30)42(35,5)23-20-36(33)41;1-37-19-16-29(45-36(44)15-14-34(41)40(25-35(42)43)22-18-26-7-4-3-5-8-26)23-28(37)10-11-30-32-13-12-31(27-9-6-21-39-24-27)38(32,2)20-17-33(30)37;;/h6-13,15,24,27,32-33,35-36H,14,16-23,25-26,28H2,1-5H3;3-10,12,21,24,29-30,32-33H,11,13-20,22-23,25H2,1-2H3,(H,42,43);1H4;1H3/q;;;-1/t32-,33-,35-,36-,41-,42+;29-,30-,32-,33-,37-,38+;;/m00../s1. The minimum absolute atomic E-state index is 0. The van der Waals surface area contributed by atoms with Gasteiger partial charge in [-0.1, -0.05) is 143 Å². The van der Waals surface area contributed by atoms with E-state index >= 15 is 0 Å². The van der Waals surface area contributed by atoms with Crippen molar-refractivity contribution in [2.24, 2.45) is 57.2 Å². The van der Waals surface area contributed by atoms with E-state index in [9.17, 15) is 33.9 Å². The van der Waals surface area contributed by atoms with Gasteiger partial charge in [-0.3, -0.25) is 38.7 Å². The monoisotopic (exact) mass is 1310 g/mol. The number of aromatic nitrogens is 2. The summed E-state index contributed by atoms with van der Waals surface area (Å²) in [5.41, 5.74) is 10.5. The molecule has 4 saturated carbocycles. The van der Waals surface area contributed by atoms with E-state index < -0.39 is 17.5 Å². The molecule has 2 amide bonds. The molecular formula is C82H107N4O10-. The van der Waals surface area contributed by atoms with Crippen LogP contribution in [0, 0.1) is 64.6 Å². The Balaban J connectivity index is 0.000000221. The van der Waals surface area contributed by atoms with E-state index in [1.807, 2.05) is 118 Å². The predicted octanol–water partition coefficient (Wildman–Crippen LogP) is 16.1. The van der Waals surface area contributed by atoms with Gasteiger partial charge >= 0.3 is 23.9 Å². The van der Waals surface area contributed by atoms with Crippen molar-refractivity contribution in [1.82, 2.24) is 19.8 Å². The largest absolute Gasteiger partial charge is 0.480 e. The molecule has 4 aromatic rings. The number of allylic oxidation sites excluding steroid dienone is 6. The summed E-state index contributed by atoms with van der Waals surface area (Å²) in [4.78, 5) is 87.9. The van der Waals surface area contributed by atoms with E-state index in [4.69, 9.17) is 14.2 Å². The SMILES string of the molecule is C.CC(C)(C)OC(=O)CN(CCc1ccccc1)C(=O)CCC(=O)O[C@H]1CC[C@@]2(C)C(=CC[C@@H]3[C@@H]2CC[C@]2(C)C(c4cccnc4)=CC[C@@H]32)C1.C[C@]12CC[C@H](OC(=O)CCC(=O)N(CCc3ccccc3)CC(=O)O)CC1=CC[C@@H]1[C@@H]2CC[C@]2(C)C(c3cccnc3)=CC[C@@H]12.[CH3-]. The molecule has 0 spiro atoms. The smallest absolute Gasteiger partial charge is 0.326 e. The number of fused-ring (bicyclic) bond motifs is 10. The number of carboxylic acid groups (broad SMARTS) is 1. The molecule has 0 unspecified atom stereocenters. The summed E-state index contributed by atoms with van der Waals surface area (Å²) in [6.45, 7) is 15.5. The molecule has 2 heterocycles. The third kappa shape index (κ3) is 16.2. The van der Waals surface area contributed by atoms with Crippen LogP contribution in [0.5, 0.6) is 0 Å². The van der Waals surface area contributed by atoms with E-state index in [2.05, 4.69) is 74.1 Å². The fourth-order valence-electron chi connectivity index (χ4n) is 18.8. The fourth-order valence-corrected chi connectivity index (χ4v) is 18.8. The number of carbonyl (C=O) groups is 6. The van der Waals surface area contributed by atoms with E-state index in [0.29, 0.717) is 61.4 Å². The number of pyridine rings is 2. The number of ether oxygens (including phenoxy) is 3. The van der Waals surface area contributed by atoms with Crippen LogP contribution >= 0.6 is 0 Å². The van der Waals surface area contributed by atoms with Gasteiger partial charge in [-0.15, -0.1) is 0 Å². The highest BCUT2D eigenvalue weighted by molar-refractivity contribution is 5.86. The van der Waals surface area contributed by atoms with Gasteiger partial charge in [0, 0.05) is 63.6 Å². The number of esters is 3. The summed E-state index contributed by atoms with van der Waals surface area (Å²) >= 11 is 0. The Hall–Kier alpha value is -7.48. The van der Waals surface area contributed by atoms with Crippen LogP contribution in [-0.4, -0.2) is 105 Å². The Morgan fingerprint density at radius 2 is 0.927 bits per heavy atom. The average Bonchev–Trinajstić information content (AvgIpc) is 1.38. The lowest BCUT2D eigenvalue weighted by molar-refractivity contribution is -0.159. The molecule has 0 radical (unpaired) electrons. The molecule has 14 nitrogen and oxygen atoms in total. The lowest BCUT2D eigenvalue weighted by atomic mass is 9.47. The molecular weight excluding hydrogens is 1200 g/mol. The quantitative estimate of drug-likeness (QED) is 0.0383. The Kier molecular flexibility index (Phi) is 23.5. The van der Waals surface area contributed by atoms with E-state index in [-0.39, 0.29) is 111 Å². The van der Waals surface area contributed by atoms with Crippen molar-refractivity contribution >= 4 is 46.8 Å². The number of amides is 2. The predicted molar refractivity (Wildman–Crippen MR) is 377 cm³/mol. The van der Waals surface area contributed by atoms with Crippen molar-refractivity contribution in [3.63, 3.8) is 0 Å². The van der Waals surface area contributed by atoms with Gasteiger partial charge in [0.05, 0.1) is 12.8 Å². The highest BCUT2D eigenvalue weighted by Crippen LogP contribution is 2.68. The minimum Gasteiger partial charge on any atom is -0.480 e. The van der Waals surface area contributed by atoms with Crippen LogP contribution in [0.2, 0.25) is 0 Å². The molecule has 14 heteroatoms. The maximum absolute atomic E-state index is 13.3. The van der Waals surface area contributed by atoms with Gasteiger partial charge < -0.3 is 36.5 Å². The molecule has 516 valence electrons. The van der Waals surface area contributed by atoms with Crippen LogP contribution in [0.25, 0.3) is 11.1 Å². The maximum atomic E-state index is 13.3. The van der Waals surface area contributed by atoms with Crippen molar-refractivity contribution < 1.29 is 48.1 Å². The minimum atomic E-state index is -1.06. The molecule has 12 rings (SSSR count). The van der Waals surface area contributed by atoms with Gasteiger partial charge in [-0.05, 0) is 213 Å². The lowest BCUT2D eigenvalue weighted by Gasteiger charge is -2.57. The summed E-state index contributed by atoms with van der Waals surface area (Å²) in [7, 11) is 0. The molecule has 0 aliphatic heterocycles. The number of benzene rings is 2. The summed E-state index contributed by atoms with van der Waals surface area (Å²) < 4.78 is 17.4. The third-order valence-electron chi connectivity index (χ3n) is 23.7. The van der Waals surface area contributed by atoms with E-state index in [1.54, 1.807) is 0 Å². The molecule has 96 heavy (non-hydrogen) atoms. The number of hydrogen-bond acceptors (Lipinski definition) is 11. The zero-order chi connectivity index (χ0) is 66.4. The van der Waals surface area contributed by atoms with Crippen LogP contribution in [0.4, 0.5) is 0 Å². The van der Waals surface area contributed by atoms with Gasteiger partial charge in [0.1, 0.15) is 30.9 Å². The molecule has 2 aromatic heterocycles. The van der Waals surface area contributed by atoms with Crippen molar-refractivity contribution in [3.05, 3.63) is 175 Å². The second kappa shape index (κ2) is 30.9. The van der Waals surface area contributed by atoms with Gasteiger partial charge in [0.15, 0.2) is 0 Å². The van der Waals surface area contributed by atoms with Crippen LogP contribution < -0.4 is 0 Å². The van der Waals surface area contributed by atoms with Gasteiger partial charge in [0.2, 0.25) is 11.8 Å². The fraction of sp³-hybridized carbons (Fsp3) is 0.549. The van der Waals surface area contributed by atoms with E-state index in [1.165, 1.54) is 68.9 Å². The summed E-state index contributed by atoms with van der Waals surface area (Å²) in [6, 6.07) is 28.0. The first-order valence-corrected chi connectivity index (χ1v) is 35.1. The number of aliphatic carboxylic acids is 1. The molecule has 8 aliphatic carbocycles. The molecule has 0 saturated heterocycles. The van der Waals surface area contributed by atoms with Crippen molar-refractivity contribution in [2.45, 2.75) is 202 Å². The number of carbonyl (C=O) groups excluding carboxylic acids is 5. The Morgan fingerprint density at radius 1 is 0.510 bits per heavy atom. The second-order valence-corrected chi connectivity index (χ2v) is 30.4. The van der Waals surface area contributed by atoms with Gasteiger partial charge in [-0.2, -0.15) is 0 Å². The molecule has 0 bridgehead atoms. The van der Waals surface area contributed by atoms with Gasteiger partial charge in [-0.25, -0.2) is 0 Å². The first-order valence-electron chi connectivity index (χ1n) is 35.1. The zero-order valence-electron chi connectivity index (χ0n) is 57.7. The van der Waals surface area contributed by atoms with Crippen molar-refractivity contribution in [3.8, 4) is 0 Å². The number of nitrogens with zero attached hydrogens (tertiary/aromatic N) is 4. The number of hydrogen-bond donors (Lipinski definition) is 1. The Morgan fingerprint density at radius 3 is 1.32 bits per heavy atom. The normalized spacial score (nSPS) is 28.9.